The third-order valence-corrected chi connectivity index (χ3v) is 12.2. The molecular weight excluding hydrogens is 745 g/mol. The normalized spacial score (nSPS) is 19.8. The van der Waals surface area contributed by atoms with E-state index in [9.17, 15) is 34.3 Å². The van der Waals surface area contributed by atoms with Gasteiger partial charge in [-0.25, -0.2) is 9.97 Å². The average molecular weight is 791 g/mol. The molecule has 1 unspecified atom stereocenters. The zero-order valence-electron chi connectivity index (χ0n) is 32.3. The summed E-state index contributed by atoms with van der Waals surface area (Å²) < 4.78 is 0.925. The lowest BCUT2D eigenvalue weighted by molar-refractivity contribution is -0.136. The summed E-state index contributed by atoms with van der Waals surface area (Å²) in [6.07, 6.45) is 6.28. The molecular formula is C42H46N8O6S. The molecule has 2 fully saturated rings. The number of nitrogens with one attached hydrogen (secondary N) is 3. The van der Waals surface area contributed by atoms with Crippen LogP contribution in [0.2, 0.25) is 0 Å². The number of pyridine rings is 1. The first-order chi connectivity index (χ1) is 27.3. The van der Waals surface area contributed by atoms with Crippen LogP contribution >= 0.6 is 11.3 Å². The van der Waals surface area contributed by atoms with E-state index in [0.29, 0.717) is 35.3 Å². The number of unbranched alkanes of at least 4 members (excludes halogenated alkanes) is 1. The number of nitriles is 1. The first-order valence-corrected chi connectivity index (χ1v) is 20.2. The third-order valence-electron chi connectivity index (χ3n) is 11.1. The molecule has 4 heterocycles. The second kappa shape index (κ2) is 16.5. The van der Waals surface area contributed by atoms with Gasteiger partial charge < -0.3 is 20.6 Å². The highest BCUT2D eigenvalue weighted by Crippen LogP contribution is 2.41. The van der Waals surface area contributed by atoms with Gasteiger partial charge in [-0.15, -0.1) is 11.3 Å². The Kier molecular flexibility index (Phi) is 11.5. The Bertz CT molecular complexity index is 2290. The predicted octanol–water partition coefficient (Wildman–Crippen LogP) is 5.54. The molecule has 0 bridgehead atoms. The summed E-state index contributed by atoms with van der Waals surface area (Å²) in [6, 6.07) is 14.5. The van der Waals surface area contributed by atoms with Crippen molar-refractivity contribution in [2.75, 3.05) is 37.3 Å². The Labute approximate surface area is 334 Å². The monoisotopic (exact) mass is 790 g/mol. The molecule has 1 aliphatic carbocycles. The SMILES string of the molecule is CN(CCCCNc1cccc2c1C(=O)N(C1CCC(=O)NC1=O)C2=O)CC1CCC(c2nc3cc(C(C)(C)O)c(NC(=O)c4cccc(C#N)n4)cc3s2)CC1. The summed E-state index contributed by atoms with van der Waals surface area (Å²) in [5.74, 6) is -1.59. The van der Waals surface area contributed by atoms with Crippen molar-refractivity contribution in [2.45, 2.75) is 82.8 Å². The highest BCUT2D eigenvalue weighted by molar-refractivity contribution is 7.18. The largest absolute Gasteiger partial charge is 0.386 e. The second-order valence-corrected chi connectivity index (χ2v) is 16.8. The Morgan fingerprint density at radius 2 is 1.79 bits per heavy atom. The van der Waals surface area contributed by atoms with Crippen molar-refractivity contribution >= 4 is 62.5 Å². The Morgan fingerprint density at radius 1 is 1.02 bits per heavy atom. The van der Waals surface area contributed by atoms with Crippen molar-refractivity contribution in [3.8, 4) is 6.07 Å². The van der Waals surface area contributed by atoms with Gasteiger partial charge in [0.25, 0.3) is 17.7 Å². The standard InChI is InChI=1S/C42H46N8O6S/c1-42(2,56)28-20-32-34(21-31(28)46-37(52)30-11-6-8-26(22-43)45-30)57-39(47-32)25-14-12-24(13-15-25)23-49(3)19-5-4-18-44-29-10-7-9-27-36(29)41(55)50(40(27)54)33-16-17-35(51)48-38(33)53/h6-11,20-21,24-25,33,44,56H,4-5,12-19,23H2,1-3H3,(H,46,52)(H,48,51,53). The van der Waals surface area contributed by atoms with E-state index in [1.54, 1.807) is 55.5 Å². The van der Waals surface area contributed by atoms with Crippen molar-refractivity contribution < 1.29 is 29.1 Å². The molecule has 15 heteroatoms. The van der Waals surface area contributed by atoms with Crippen LogP contribution in [0.25, 0.3) is 10.2 Å². The lowest BCUT2D eigenvalue weighted by atomic mass is 9.82. The fourth-order valence-electron chi connectivity index (χ4n) is 8.10. The van der Waals surface area contributed by atoms with E-state index in [4.69, 9.17) is 4.98 Å². The number of thiazole rings is 1. The summed E-state index contributed by atoms with van der Waals surface area (Å²) >= 11 is 1.62. The summed E-state index contributed by atoms with van der Waals surface area (Å²) in [5.41, 5.74) is 1.96. The van der Waals surface area contributed by atoms with Gasteiger partial charge in [0, 0.05) is 42.4 Å². The fraction of sp³-hybridized carbons (Fsp3) is 0.429. The molecule has 2 aromatic heterocycles. The number of hydrogen-bond donors (Lipinski definition) is 4. The van der Waals surface area contributed by atoms with Crippen LogP contribution in [0.3, 0.4) is 0 Å². The van der Waals surface area contributed by atoms with E-state index >= 15 is 0 Å². The molecule has 1 saturated carbocycles. The first kappa shape index (κ1) is 39.7. The van der Waals surface area contributed by atoms with E-state index in [1.165, 1.54) is 6.07 Å². The van der Waals surface area contributed by atoms with Gasteiger partial charge in [-0.05, 0) is 115 Å². The van der Waals surface area contributed by atoms with Crippen LogP contribution in [-0.2, 0) is 15.2 Å². The van der Waals surface area contributed by atoms with Crippen molar-refractivity contribution in [3.05, 3.63) is 81.6 Å². The van der Waals surface area contributed by atoms with Crippen LogP contribution in [-0.4, -0.2) is 87.1 Å². The van der Waals surface area contributed by atoms with Crippen LogP contribution < -0.4 is 16.0 Å². The number of benzene rings is 2. The molecule has 57 heavy (non-hydrogen) atoms. The number of carbonyl (C=O) groups excluding carboxylic acids is 5. The predicted molar refractivity (Wildman–Crippen MR) is 215 cm³/mol. The smallest absolute Gasteiger partial charge is 0.274 e. The molecule has 14 nitrogen and oxygen atoms in total. The maximum Gasteiger partial charge on any atom is 0.274 e. The van der Waals surface area contributed by atoms with Crippen LogP contribution in [0.15, 0.2) is 48.5 Å². The van der Waals surface area contributed by atoms with Gasteiger partial charge >= 0.3 is 0 Å². The van der Waals surface area contributed by atoms with Crippen LogP contribution in [0.5, 0.6) is 0 Å². The molecule has 2 aliphatic heterocycles. The van der Waals surface area contributed by atoms with E-state index in [1.807, 2.05) is 18.2 Å². The number of hydrogen-bond acceptors (Lipinski definition) is 12. The van der Waals surface area contributed by atoms with Crippen molar-refractivity contribution in [1.29, 1.82) is 5.26 Å². The number of carbonyl (C=O) groups is 5. The van der Waals surface area contributed by atoms with Crippen molar-refractivity contribution in [3.63, 3.8) is 0 Å². The highest BCUT2D eigenvalue weighted by Gasteiger charge is 2.45. The summed E-state index contributed by atoms with van der Waals surface area (Å²) in [6.45, 7) is 5.89. The van der Waals surface area contributed by atoms with Crippen molar-refractivity contribution in [2.24, 2.45) is 5.92 Å². The van der Waals surface area contributed by atoms with Gasteiger partial charge in [0.05, 0.1) is 32.0 Å². The van der Waals surface area contributed by atoms with Crippen molar-refractivity contribution in [1.82, 2.24) is 25.1 Å². The van der Waals surface area contributed by atoms with Crippen LogP contribution in [0.4, 0.5) is 11.4 Å². The van der Waals surface area contributed by atoms with Gasteiger partial charge in [-0.2, -0.15) is 5.26 Å². The Balaban J connectivity index is 0.882. The van der Waals surface area contributed by atoms with Gasteiger partial charge in [0.2, 0.25) is 11.8 Å². The number of piperidine rings is 1. The number of nitrogens with zero attached hydrogens (tertiary/aromatic N) is 5. The molecule has 3 aliphatic rings. The van der Waals surface area contributed by atoms with Gasteiger partial charge in [0.1, 0.15) is 23.5 Å². The lowest BCUT2D eigenvalue weighted by Crippen LogP contribution is -2.54. The average Bonchev–Trinajstić information content (AvgIpc) is 3.72. The molecule has 0 spiro atoms. The third kappa shape index (κ3) is 8.58. The number of fused-ring (bicyclic) bond motifs is 2. The van der Waals surface area contributed by atoms with Gasteiger partial charge in [-0.3, -0.25) is 34.2 Å². The number of aliphatic hydroxyl groups is 1. The zero-order chi connectivity index (χ0) is 40.4. The minimum absolute atomic E-state index is 0.0781. The van der Waals surface area contributed by atoms with Crippen LogP contribution in [0.1, 0.15) is 119 Å². The molecule has 1 atom stereocenters. The number of aromatic nitrogens is 2. The van der Waals surface area contributed by atoms with E-state index in [0.717, 1.165) is 71.7 Å². The topological polar surface area (TPSA) is 198 Å². The minimum atomic E-state index is -1.24. The second-order valence-electron chi connectivity index (χ2n) is 15.7. The van der Waals surface area contributed by atoms with E-state index in [-0.39, 0.29) is 35.4 Å². The highest BCUT2D eigenvalue weighted by atomic mass is 32.1. The maximum atomic E-state index is 13.4. The maximum absolute atomic E-state index is 13.4. The Hall–Kier alpha value is -5.56. The van der Waals surface area contributed by atoms with E-state index < -0.39 is 41.2 Å². The molecule has 4 N–H and O–H groups in total. The lowest BCUT2D eigenvalue weighted by Gasteiger charge is -2.30. The quantitative estimate of drug-likeness (QED) is 0.0980. The van der Waals surface area contributed by atoms with E-state index in [2.05, 4.69) is 32.9 Å². The number of rotatable bonds is 13. The number of amides is 5. The summed E-state index contributed by atoms with van der Waals surface area (Å²) in [5, 5.41) is 29.7. The van der Waals surface area contributed by atoms with Gasteiger partial charge in [-0.1, -0.05) is 12.1 Å². The molecule has 7 rings (SSSR count). The molecule has 5 amide bonds. The Morgan fingerprint density at radius 3 is 2.53 bits per heavy atom. The zero-order valence-corrected chi connectivity index (χ0v) is 33.1. The molecule has 4 aromatic rings. The fourth-order valence-corrected chi connectivity index (χ4v) is 9.26. The molecule has 296 valence electrons. The number of anilines is 2. The molecule has 1 saturated heterocycles. The molecule has 0 radical (unpaired) electrons. The summed E-state index contributed by atoms with van der Waals surface area (Å²) in [4.78, 5) is 76.1. The number of imide groups is 2. The van der Waals surface area contributed by atoms with Crippen LogP contribution in [0, 0.1) is 17.2 Å². The first-order valence-electron chi connectivity index (χ1n) is 19.4. The summed E-state index contributed by atoms with van der Waals surface area (Å²) in [7, 11) is 2.15. The minimum Gasteiger partial charge on any atom is -0.386 e. The molecule has 2 aromatic carbocycles. The van der Waals surface area contributed by atoms with Gasteiger partial charge in [0.15, 0.2) is 0 Å².